The molecule has 1 saturated heterocycles. The molecule has 25 heavy (non-hydrogen) atoms. The highest BCUT2D eigenvalue weighted by Crippen LogP contribution is 2.23. The van der Waals surface area contributed by atoms with E-state index in [1.807, 2.05) is 43.1 Å². The van der Waals surface area contributed by atoms with Crippen LogP contribution in [-0.2, 0) is 9.84 Å². The summed E-state index contributed by atoms with van der Waals surface area (Å²) in [5.41, 5.74) is 0.853. The average Bonchev–Trinajstić information content (AvgIpc) is 2.96. The van der Waals surface area contributed by atoms with E-state index in [0.29, 0.717) is 24.8 Å². The maximum absolute atomic E-state index is 11.7. The molecule has 0 aliphatic carbocycles. The fourth-order valence-electron chi connectivity index (χ4n) is 2.80. The van der Waals surface area contributed by atoms with Crippen LogP contribution in [-0.4, -0.2) is 49.6 Å². The zero-order valence-corrected chi connectivity index (χ0v) is 15.2. The summed E-state index contributed by atoms with van der Waals surface area (Å²) in [5.74, 6) is 2.39. The number of nitrogens with zero attached hydrogens (tertiary/aromatic N) is 3. The second-order valence-electron chi connectivity index (χ2n) is 5.99. The lowest BCUT2D eigenvalue weighted by Crippen LogP contribution is -2.33. The lowest BCUT2D eigenvalue weighted by molar-refractivity contribution is 0.340. The van der Waals surface area contributed by atoms with Gasteiger partial charge in [0.25, 0.3) is 0 Å². The molecule has 1 unspecified atom stereocenters. The van der Waals surface area contributed by atoms with Crippen molar-refractivity contribution in [2.24, 2.45) is 0 Å². The lowest BCUT2D eigenvalue weighted by atomic mass is 10.2. The molecule has 2 heterocycles. The molecule has 7 nitrogen and oxygen atoms in total. The molecular weight excluding hydrogens is 340 g/mol. The number of ether oxygens (including phenoxy) is 1. The highest BCUT2D eigenvalue weighted by Gasteiger charge is 2.31. The Balaban J connectivity index is 1.71. The normalized spacial score (nSPS) is 18.7. The topological polar surface area (TPSA) is 84.4 Å². The summed E-state index contributed by atoms with van der Waals surface area (Å²) in [7, 11) is -1.06. The van der Waals surface area contributed by atoms with Gasteiger partial charge in [-0.25, -0.2) is 13.4 Å². The second kappa shape index (κ2) is 7.26. The van der Waals surface area contributed by atoms with Crippen molar-refractivity contribution in [3.63, 3.8) is 0 Å². The largest absolute Gasteiger partial charge is 0.494 e. The fraction of sp³-hybridized carbons (Fsp3) is 0.412. The third-order valence-electron chi connectivity index (χ3n) is 4.18. The summed E-state index contributed by atoms with van der Waals surface area (Å²) in [6, 6.07) is 9.30. The number of anilines is 3. The number of benzene rings is 1. The predicted octanol–water partition coefficient (Wildman–Crippen LogP) is 2.24. The van der Waals surface area contributed by atoms with Gasteiger partial charge in [0.2, 0.25) is 5.95 Å². The minimum Gasteiger partial charge on any atom is -0.494 e. The minimum absolute atomic E-state index is 0.0433. The molecule has 1 atom stereocenters. The molecule has 1 aliphatic rings. The molecule has 2 aromatic rings. The van der Waals surface area contributed by atoms with Crippen LogP contribution in [0.1, 0.15) is 13.3 Å². The van der Waals surface area contributed by atoms with Gasteiger partial charge >= 0.3 is 0 Å². The van der Waals surface area contributed by atoms with Gasteiger partial charge in [-0.1, -0.05) is 0 Å². The van der Waals surface area contributed by atoms with Crippen molar-refractivity contribution in [3.05, 3.63) is 36.5 Å². The highest BCUT2D eigenvalue weighted by atomic mass is 32.2. The Morgan fingerprint density at radius 1 is 1.28 bits per heavy atom. The van der Waals surface area contributed by atoms with Crippen molar-refractivity contribution < 1.29 is 13.2 Å². The molecule has 0 amide bonds. The molecule has 134 valence electrons. The SMILES string of the molecule is CCOc1ccc(Nc2nccc(N(C)C3CCS(=O)(=O)C3)n2)cc1. The summed E-state index contributed by atoms with van der Waals surface area (Å²) in [4.78, 5) is 10.6. The van der Waals surface area contributed by atoms with Crippen LogP contribution in [0.15, 0.2) is 36.5 Å². The maximum atomic E-state index is 11.7. The zero-order valence-electron chi connectivity index (χ0n) is 14.3. The first-order valence-electron chi connectivity index (χ1n) is 8.23. The Kier molecular flexibility index (Phi) is 5.08. The number of rotatable bonds is 6. The van der Waals surface area contributed by atoms with Gasteiger partial charge in [0, 0.05) is 25.0 Å². The predicted molar refractivity (Wildman–Crippen MR) is 98.4 cm³/mol. The number of hydrogen-bond donors (Lipinski definition) is 1. The standard InChI is InChI=1S/C17H22N4O3S/c1-3-24-15-6-4-13(5-7-15)19-17-18-10-8-16(20-17)21(2)14-9-11-25(22,23)12-14/h4-8,10,14H,3,9,11-12H2,1-2H3,(H,18,19,20). The molecule has 0 radical (unpaired) electrons. The number of sulfone groups is 1. The molecule has 1 aromatic carbocycles. The molecule has 1 aliphatic heterocycles. The van der Waals surface area contributed by atoms with Crippen LogP contribution in [0, 0.1) is 0 Å². The smallest absolute Gasteiger partial charge is 0.229 e. The van der Waals surface area contributed by atoms with Crippen LogP contribution in [0.25, 0.3) is 0 Å². The second-order valence-corrected chi connectivity index (χ2v) is 8.22. The van der Waals surface area contributed by atoms with Gasteiger partial charge in [-0.3, -0.25) is 0 Å². The van der Waals surface area contributed by atoms with E-state index >= 15 is 0 Å². The van der Waals surface area contributed by atoms with Crippen molar-refractivity contribution in [3.8, 4) is 5.75 Å². The first kappa shape index (κ1) is 17.5. The Labute approximate surface area is 148 Å². The third-order valence-corrected chi connectivity index (χ3v) is 5.93. The first-order valence-corrected chi connectivity index (χ1v) is 10.0. The van der Waals surface area contributed by atoms with E-state index in [4.69, 9.17) is 4.74 Å². The van der Waals surface area contributed by atoms with E-state index < -0.39 is 9.84 Å². The van der Waals surface area contributed by atoms with Gasteiger partial charge in [-0.05, 0) is 43.7 Å². The Bertz CT molecular complexity index is 824. The minimum atomic E-state index is -2.93. The third kappa shape index (κ3) is 4.39. The van der Waals surface area contributed by atoms with Gasteiger partial charge in [-0.2, -0.15) is 4.98 Å². The van der Waals surface area contributed by atoms with E-state index in [1.54, 1.807) is 12.3 Å². The summed E-state index contributed by atoms with van der Waals surface area (Å²) < 4.78 is 28.8. The van der Waals surface area contributed by atoms with Crippen LogP contribution in [0.5, 0.6) is 5.75 Å². The van der Waals surface area contributed by atoms with Crippen LogP contribution in [0.2, 0.25) is 0 Å². The Morgan fingerprint density at radius 2 is 2.04 bits per heavy atom. The van der Waals surface area contributed by atoms with Gasteiger partial charge in [0.15, 0.2) is 9.84 Å². The molecule has 1 N–H and O–H groups in total. The molecule has 0 bridgehead atoms. The molecule has 0 spiro atoms. The van der Waals surface area contributed by atoms with Crippen molar-refractivity contribution in [1.29, 1.82) is 0 Å². The van der Waals surface area contributed by atoms with E-state index in [-0.39, 0.29) is 17.5 Å². The maximum Gasteiger partial charge on any atom is 0.229 e. The fourth-order valence-corrected chi connectivity index (χ4v) is 4.58. The number of nitrogens with one attached hydrogen (secondary N) is 1. The van der Waals surface area contributed by atoms with Gasteiger partial charge in [0.05, 0.1) is 18.1 Å². The zero-order chi connectivity index (χ0) is 17.9. The quantitative estimate of drug-likeness (QED) is 0.843. The highest BCUT2D eigenvalue weighted by molar-refractivity contribution is 7.91. The number of hydrogen-bond acceptors (Lipinski definition) is 7. The first-order chi connectivity index (χ1) is 12.0. The number of aromatic nitrogens is 2. The van der Waals surface area contributed by atoms with Crippen LogP contribution < -0.4 is 15.0 Å². The van der Waals surface area contributed by atoms with Gasteiger partial charge in [-0.15, -0.1) is 0 Å². The van der Waals surface area contributed by atoms with Crippen molar-refractivity contribution in [1.82, 2.24) is 9.97 Å². The van der Waals surface area contributed by atoms with E-state index in [9.17, 15) is 8.42 Å². The van der Waals surface area contributed by atoms with Crippen LogP contribution >= 0.6 is 0 Å². The van der Waals surface area contributed by atoms with Crippen molar-refractivity contribution in [2.45, 2.75) is 19.4 Å². The molecule has 0 saturated carbocycles. The van der Waals surface area contributed by atoms with Crippen molar-refractivity contribution in [2.75, 3.05) is 35.4 Å². The van der Waals surface area contributed by atoms with Crippen molar-refractivity contribution >= 4 is 27.3 Å². The van der Waals surface area contributed by atoms with Crippen LogP contribution in [0.4, 0.5) is 17.5 Å². The molecule has 3 rings (SSSR count). The summed E-state index contributed by atoms with van der Waals surface area (Å²) in [6.45, 7) is 2.57. The lowest BCUT2D eigenvalue weighted by Gasteiger charge is -2.24. The van der Waals surface area contributed by atoms with E-state index in [1.165, 1.54) is 0 Å². The summed E-state index contributed by atoms with van der Waals surface area (Å²) >= 11 is 0. The van der Waals surface area contributed by atoms with E-state index in [0.717, 1.165) is 11.4 Å². The van der Waals surface area contributed by atoms with E-state index in [2.05, 4.69) is 15.3 Å². The molecule has 1 aromatic heterocycles. The molecular formula is C17H22N4O3S. The summed E-state index contributed by atoms with van der Waals surface area (Å²) in [5, 5.41) is 3.15. The van der Waals surface area contributed by atoms with Gasteiger partial charge in [0.1, 0.15) is 11.6 Å². The molecule has 1 fully saturated rings. The average molecular weight is 362 g/mol. The Morgan fingerprint density at radius 3 is 2.68 bits per heavy atom. The monoisotopic (exact) mass is 362 g/mol. The van der Waals surface area contributed by atoms with Gasteiger partial charge < -0.3 is 15.0 Å². The molecule has 8 heteroatoms. The Hall–Kier alpha value is -2.35. The summed E-state index contributed by atoms with van der Waals surface area (Å²) in [6.07, 6.45) is 2.30. The van der Waals surface area contributed by atoms with Crippen LogP contribution in [0.3, 0.4) is 0 Å².